The number of fused-ring (bicyclic) bond motifs is 1. The zero-order valence-corrected chi connectivity index (χ0v) is 14.5. The fourth-order valence-electron chi connectivity index (χ4n) is 3.89. The van der Waals surface area contributed by atoms with Crippen LogP contribution < -0.4 is 0 Å². The number of amides is 2. The van der Waals surface area contributed by atoms with Gasteiger partial charge in [-0.3, -0.25) is 24.6 Å². The number of imide groups is 1. The molecule has 1 aliphatic heterocycles. The maximum atomic E-state index is 12.5. The van der Waals surface area contributed by atoms with Crippen LogP contribution in [0.5, 0.6) is 0 Å². The number of nitrogens with zero attached hydrogens (tertiary/aromatic N) is 4. The molecule has 2 aromatic rings. The fraction of sp³-hybridized carbons (Fsp3) is 0.444. The minimum atomic E-state index is -0.492. The van der Waals surface area contributed by atoms with Crippen molar-refractivity contribution in [3.8, 4) is 11.4 Å². The van der Waals surface area contributed by atoms with E-state index in [4.69, 9.17) is 4.52 Å². The van der Waals surface area contributed by atoms with Gasteiger partial charge < -0.3 is 4.52 Å². The lowest BCUT2D eigenvalue weighted by Gasteiger charge is -2.19. The van der Waals surface area contributed by atoms with Crippen molar-refractivity contribution >= 4 is 17.5 Å². The summed E-state index contributed by atoms with van der Waals surface area (Å²) in [4.78, 5) is 40.9. The summed E-state index contributed by atoms with van der Waals surface area (Å²) in [6.45, 7) is 0.210. The standard InChI is InChI=1S/C18H18N4O5/c23-17-13-6-1-2-7-14(13)18(24)21(17)9-8-15-19-16(20-27-15)11-4-3-5-12(10-11)22(25)26/h3-5,10,13-14H,1-2,6-9H2/t13-,14-/m1/s1. The Hall–Kier alpha value is -3.10. The Morgan fingerprint density at radius 1 is 1.19 bits per heavy atom. The smallest absolute Gasteiger partial charge is 0.270 e. The van der Waals surface area contributed by atoms with Gasteiger partial charge in [0, 0.05) is 30.7 Å². The van der Waals surface area contributed by atoms with E-state index in [9.17, 15) is 19.7 Å². The van der Waals surface area contributed by atoms with Gasteiger partial charge in [0.1, 0.15) is 0 Å². The summed E-state index contributed by atoms with van der Waals surface area (Å²) < 4.78 is 5.19. The molecular formula is C18H18N4O5. The third-order valence-corrected chi connectivity index (χ3v) is 5.26. The Morgan fingerprint density at radius 3 is 2.56 bits per heavy atom. The van der Waals surface area contributed by atoms with Crippen molar-refractivity contribution in [3.63, 3.8) is 0 Å². The van der Waals surface area contributed by atoms with E-state index < -0.39 is 4.92 Å². The second-order valence-corrected chi connectivity index (χ2v) is 6.89. The van der Waals surface area contributed by atoms with E-state index in [0.29, 0.717) is 5.56 Å². The summed E-state index contributed by atoms with van der Waals surface area (Å²) in [6, 6.07) is 5.95. The number of carbonyl (C=O) groups excluding carboxylic acids is 2. The molecule has 1 saturated heterocycles. The molecule has 1 aliphatic carbocycles. The molecule has 9 nitrogen and oxygen atoms in total. The third-order valence-electron chi connectivity index (χ3n) is 5.26. The number of hydrogen-bond acceptors (Lipinski definition) is 7. The van der Waals surface area contributed by atoms with Gasteiger partial charge >= 0.3 is 0 Å². The second-order valence-electron chi connectivity index (χ2n) is 6.89. The fourth-order valence-corrected chi connectivity index (χ4v) is 3.89. The molecule has 2 amide bonds. The molecule has 2 atom stereocenters. The highest BCUT2D eigenvalue weighted by Gasteiger charge is 2.47. The molecule has 0 radical (unpaired) electrons. The monoisotopic (exact) mass is 370 g/mol. The number of rotatable bonds is 5. The molecule has 4 rings (SSSR count). The molecule has 0 unspecified atom stereocenters. The Labute approximate surface area is 154 Å². The lowest BCUT2D eigenvalue weighted by molar-refractivity contribution is -0.384. The van der Waals surface area contributed by atoms with E-state index in [1.807, 2.05) is 0 Å². The van der Waals surface area contributed by atoms with Crippen molar-refractivity contribution in [2.75, 3.05) is 6.54 Å². The van der Waals surface area contributed by atoms with Gasteiger partial charge in [-0.1, -0.05) is 30.1 Å². The van der Waals surface area contributed by atoms with E-state index in [0.717, 1.165) is 25.7 Å². The first-order chi connectivity index (χ1) is 13.0. The SMILES string of the molecule is O=C1[C@@H]2CCCC[C@H]2C(=O)N1CCc1nc(-c2cccc([N+](=O)[O-])c2)no1. The van der Waals surface area contributed by atoms with Crippen LogP contribution in [0.2, 0.25) is 0 Å². The van der Waals surface area contributed by atoms with Crippen LogP contribution in [0.3, 0.4) is 0 Å². The number of nitro groups is 1. The lowest BCUT2D eigenvalue weighted by Crippen LogP contribution is -2.33. The molecular weight excluding hydrogens is 352 g/mol. The van der Waals surface area contributed by atoms with Crippen LogP contribution in [-0.4, -0.2) is 38.3 Å². The number of carbonyl (C=O) groups is 2. The molecule has 0 bridgehead atoms. The number of nitro benzene ring substituents is 1. The Balaban J connectivity index is 1.44. The van der Waals surface area contributed by atoms with Crippen LogP contribution in [-0.2, 0) is 16.0 Å². The molecule has 1 aromatic carbocycles. The molecule has 2 fully saturated rings. The maximum absolute atomic E-state index is 12.5. The highest BCUT2D eigenvalue weighted by Crippen LogP contribution is 2.38. The highest BCUT2D eigenvalue weighted by molar-refractivity contribution is 6.05. The molecule has 2 heterocycles. The van der Waals surface area contributed by atoms with Gasteiger partial charge in [0.25, 0.3) is 5.69 Å². The van der Waals surface area contributed by atoms with E-state index in [-0.39, 0.29) is 54.0 Å². The first-order valence-electron chi connectivity index (χ1n) is 8.97. The van der Waals surface area contributed by atoms with Crippen LogP contribution in [0.4, 0.5) is 5.69 Å². The van der Waals surface area contributed by atoms with Crippen molar-refractivity contribution in [2.45, 2.75) is 32.1 Å². The van der Waals surface area contributed by atoms with Crippen molar-refractivity contribution in [1.82, 2.24) is 15.0 Å². The van der Waals surface area contributed by atoms with Gasteiger partial charge in [-0.05, 0) is 12.8 Å². The molecule has 1 saturated carbocycles. The molecule has 9 heteroatoms. The van der Waals surface area contributed by atoms with Gasteiger partial charge in [-0.25, -0.2) is 0 Å². The summed E-state index contributed by atoms with van der Waals surface area (Å²) in [5.74, 6) is -0.0107. The van der Waals surface area contributed by atoms with Gasteiger partial charge in [0.2, 0.25) is 23.5 Å². The average Bonchev–Trinajstić information content (AvgIpc) is 3.25. The predicted octanol–water partition coefficient (Wildman–Crippen LogP) is 2.36. The van der Waals surface area contributed by atoms with Crippen molar-refractivity contribution in [1.29, 1.82) is 0 Å². The molecule has 140 valence electrons. The lowest BCUT2D eigenvalue weighted by atomic mass is 9.81. The number of non-ortho nitro benzene ring substituents is 1. The van der Waals surface area contributed by atoms with Gasteiger partial charge in [0.15, 0.2) is 0 Å². The molecule has 0 N–H and O–H groups in total. The zero-order chi connectivity index (χ0) is 19.0. The van der Waals surface area contributed by atoms with E-state index in [2.05, 4.69) is 10.1 Å². The van der Waals surface area contributed by atoms with E-state index in [1.54, 1.807) is 12.1 Å². The topological polar surface area (TPSA) is 119 Å². The minimum Gasteiger partial charge on any atom is -0.339 e. The average molecular weight is 370 g/mol. The number of benzene rings is 1. The van der Waals surface area contributed by atoms with E-state index in [1.165, 1.54) is 17.0 Å². The predicted molar refractivity (Wildman–Crippen MR) is 92.3 cm³/mol. The zero-order valence-electron chi connectivity index (χ0n) is 14.5. The van der Waals surface area contributed by atoms with E-state index >= 15 is 0 Å². The van der Waals surface area contributed by atoms with Gasteiger partial charge in [-0.2, -0.15) is 4.98 Å². The van der Waals surface area contributed by atoms with Gasteiger partial charge in [0.05, 0.1) is 16.8 Å². The summed E-state index contributed by atoms with van der Waals surface area (Å²) in [5, 5.41) is 14.7. The van der Waals surface area contributed by atoms with Crippen LogP contribution >= 0.6 is 0 Å². The second kappa shape index (κ2) is 6.90. The normalized spacial score (nSPS) is 22.1. The molecule has 1 aromatic heterocycles. The summed E-state index contributed by atoms with van der Waals surface area (Å²) in [6.07, 6.45) is 3.81. The molecule has 0 spiro atoms. The van der Waals surface area contributed by atoms with Crippen LogP contribution in [0.1, 0.15) is 31.6 Å². The summed E-state index contributed by atoms with van der Waals surface area (Å²) in [7, 11) is 0. The van der Waals surface area contributed by atoms with Crippen molar-refractivity contribution < 1.29 is 19.0 Å². The van der Waals surface area contributed by atoms with Crippen molar-refractivity contribution in [2.24, 2.45) is 11.8 Å². The summed E-state index contributed by atoms with van der Waals surface area (Å²) in [5.41, 5.74) is 0.410. The van der Waals surface area contributed by atoms with Crippen LogP contribution in [0.15, 0.2) is 28.8 Å². The molecule has 2 aliphatic rings. The van der Waals surface area contributed by atoms with Crippen LogP contribution in [0.25, 0.3) is 11.4 Å². The minimum absolute atomic E-state index is 0.0604. The largest absolute Gasteiger partial charge is 0.339 e. The van der Waals surface area contributed by atoms with Gasteiger partial charge in [-0.15, -0.1) is 0 Å². The Morgan fingerprint density at radius 2 is 1.89 bits per heavy atom. The number of likely N-dealkylation sites (tertiary alicyclic amines) is 1. The van der Waals surface area contributed by atoms with Crippen molar-refractivity contribution in [3.05, 3.63) is 40.3 Å². The number of aromatic nitrogens is 2. The van der Waals surface area contributed by atoms with Crippen LogP contribution in [0, 0.1) is 22.0 Å². The Bertz CT molecular complexity index is 885. The maximum Gasteiger partial charge on any atom is 0.270 e. The quantitative estimate of drug-likeness (QED) is 0.450. The third kappa shape index (κ3) is 3.20. The summed E-state index contributed by atoms with van der Waals surface area (Å²) >= 11 is 0. The Kier molecular flexibility index (Phi) is 4.43. The first-order valence-corrected chi connectivity index (χ1v) is 8.97. The first kappa shape index (κ1) is 17.3. The highest BCUT2D eigenvalue weighted by atomic mass is 16.6. The number of hydrogen-bond donors (Lipinski definition) is 0. The molecule has 27 heavy (non-hydrogen) atoms.